The summed E-state index contributed by atoms with van der Waals surface area (Å²) < 4.78 is 11.7. The van der Waals surface area contributed by atoms with E-state index in [2.05, 4.69) is 10.3 Å². The third-order valence-corrected chi connectivity index (χ3v) is 6.45. The van der Waals surface area contributed by atoms with E-state index in [1.165, 1.54) is 18.3 Å². The fraction of sp³-hybridized carbons (Fsp3) is 0.308. The minimum absolute atomic E-state index is 0.0660. The van der Waals surface area contributed by atoms with E-state index in [9.17, 15) is 14.4 Å². The van der Waals surface area contributed by atoms with Gasteiger partial charge in [-0.05, 0) is 31.0 Å². The molecule has 0 bridgehead atoms. The normalized spacial score (nSPS) is 17.0. The van der Waals surface area contributed by atoms with E-state index in [1.54, 1.807) is 18.6 Å². The summed E-state index contributed by atoms with van der Waals surface area (Å²) in [6, 6.07) is 15.1. The quantitative estimate of drug-likeness (QED) is 0.526. The van der Waals surface area contributed by atoms with Crippen LogP contribution in [0.1, 0.15) is 44.6 Å². The van der Waals surface area contributed by atoms with Gasteiger partial charge >= 0.3 is 5.97 Å². The molecule has 1 N–H and O–H groups in total. The predicted octanol–water partition coefficient (Wildman–Crippen LogP) is 2.72. The lowest BCUT2D eigenvalue weighted by atomic mass is 9.92. The number of amides is 2. The zero-order valence-electron chi connectivity index (χ0n) is 20.2. The molecular weight excluding hydrogens is 448 g/mol. The highest BCUT2D eigenvalue weighted by molar-refractivity contribution is 6.06. The summed E-state index contributed by atoms with van der Waals surface area (Å²) >= 11 is 0. The molecule has 35 heavy (non-hydrogen) atoms. The van der Waals surface area contributed by atoms with Gasteiger partial charge in [-0.15, -0.1) is 0 Å². The maximum atomic E-state index is 13.8. The molecule has 1 atom stereocenters. The van der Waals surface area contributed by atoms with Gasteiger partial charge in [0.15, 0.2) is 5.69 Å². The highest BCUT2D eigenvalue weighted by atomic mass is 16.5. The van der Waals surface area contributed by atoms with Crippen LogP contribution in [0.2, 0.25) is 0 Å². The van der Waals surface area contributed by atoms with Crippen molar-refractivity contribution in [2.24, 2.45) is 0 Å². The number of nitrogens with zero attached hydrogens (tertiary/aromatic N) is 3. The average Bonchev–Trinajstić information content (AvgIpc) is 3.29. The number of rotatable bonds is 7. The molecule has 2 aromatic carbocycles. The molecule has 1 aromatic heterocycles. The molecular formula is C26H28N4O5. The third-order valence-electron chi connectivity index (χ3n) is 6.45. The fourth-order valence-corrected chi connectivity index (χ4v) is 4.35. The summed E-state index contributed by atoms with van der Waals surface area (Å²) in [6.45, 7) is 4.22. The Labute approximate surface area is 203 Å². The first-order valence-electron chi connectivity index (χ1n) is 11.2. The maximum absolute atomic E-state index is 13.8. The number of methoxy groups -OCH3 is 2. The zero-order chi connectivity index (χ0) is 25.2. The van der Waals surface area contributed by atoms with Crippen molar-refractivity contribution < 1.29 is 23.9 Å². The van der Waals surface area contributed by atoms with Crippen LogP contribution in [0.5, 0.6) is 5.75 Å². The van der Waals surface area contributed by atoms with Crippen LogP contribution in [-0.4, -0.2) is 52.0 Å². The molecule has 0 fully saturated rings. The van der Waals surface area contributed by atoms with Crippen molar-refractivity contribution in [3.8, 4) is 5.75 Å². The van der Waals surface area contributed by atoms with Crippen molar-refractivity contribution in [3.05, 3.63) is 82.9 Å². The van der Waals surface area contributed by atoms with Gasteiger partial charge in [0, 0.05) is 18.7 Å². The first kappa shape index (κ1) is 24.0. The number of ether oxygens (including phenoxy) is 2. The zero-order valence-corrected chi connectivity index (χ0v) is 20.2. The second kappa shape index (κ2) is 9.61. The molecule has 182 valence electrons. The molecule has 0 radical (unpaired) electrons. The number of benzene rings is 2. The van der Waals surface area contributed by atoms with E-state index in [0.29, 0.717) is 5.75 Å². The van der Waals surface area contributed by atoms with Crippen LogP contribution in [0.4, 0.5) is 0 Å². The summed E-state index contributed by atoms with van der Waals surface area (Å²) in [7, 11) is 2.81. The van der Waals surface area contributed by atoms with E-state index in [-0.39, 0.29) is 36.9 Å². The number of hydrogen-bond acceptors (Lipinski definition) is 6. The smallest absolute Gasteiger partial charge is 0.359 e. The Morgan fingerprint density at radius 3 is 2.46 bits per heavy atom. The van der Waals surface area contributed by atoms with Crippen molar-refractivity contribution in [3.63, 3.8) is 0 Å². The van der Waals surface area contributed by atoms with E-state index in [1.807, 2.05) is 55.5 Å². The van der Waals surface area contributed by atoms with Crippen molar-refractivity contribution in [1.29, 1.82) is 0 Å². The first-order chi connectivity index (χ1) is 16.8. The first-order valence-corrected chi connectivity index (χ1v) is 11.2. The summed E-state index contributed by atoms with van der Waals surface area (Å²) in [6.07, 6.45) is 1.40. The molecule has 0 aliphatic carbocycles. The number of carbonyl (C=O) groups excluding carboxylic acids is 3. The maximum Gasteiger partial charge on any atom is 0.359 e. The van der Waals surface area contributed by atoms with Gasteiger partial charge in [-0.2, -0.15) is 0 Å². The SMILES string of the molecule is COC(=O)c1ncn2c1C(=O)N(Cc1ccccc1C)[C@](C)(C(=O)NCc1ccccc1OC)C2. The molecule has 2 amide bonds. The topological polar surface area (TPSA) is 103 Å². The minimum Gasteiger partial charge on any atom is -0.496 e. The fourth-order valence-electron chi connectivity index (χ4n) is 4.35. The Balaban J connectivity index is 1.71. The largest absolute Gasteiger partial charge is 0.496 e. The highest BCUT2D eigenvalue weighted by Crippen LogP contribution is 2.31. The van der Waals surface area contributed by atoms with Crippen LogP contribution < -0.4 is 10.1 Å². The van der Waals surface area contributed by atoms with Gasteiger partial charge in [0.05, 0.1) is 27.1 Å². The number of aromatic nitrogens is 2. The summed E-state index contributed by atoms with van der Waals surface area (Å²) in [5.41, 5.74) is 1.50. The second-order valence-electron chi connectivity index (χ2n) is 8.65. The Kier molecular flexibility index (Phi) is 6.59. The van der Waals surface area contributed by atoms with E-state index < -0.39 is 17.4 Å². The highest BCUT2D eigenvalue weighted by Gasteiger charge is 2.49. The molecule has 0 saturated heterocycles. The molecule has 4 rings (SSSR count). The summed E-state index contributed by atoms with van der Waals surface area (Å²) in [5.74, 6) is -0.835. The molecule has 9 heteroatoms. The molecule has 0 saturated carbocycles. The van der Waals surface area contributed by atoms with Crippen LogP contribution in [0, 0.1) is 6.92 Å². The standard InChI is InChI=1S/C26H28N4O5/c1-17-9-5-6-11-19(17)14-30-23(31)22-21(24(32)35-4)28-16-29(22)15-26(30,2)25(33)27-13-18-10-7-8-12-20(18)34-3/h5-12,16H,13-15H2,1-4H3,(H,27,33)/t26-/m0/s1. The van der Waals surface area contributed by atoms with Gasteiger partial charge in [-0.1, -0.05) is 42.5 Å². The van der Waals surface area contributed by atoms with Crippen molar-refractivity contribution in [2.75, 3.05) is 14.2 Å². The average molecular weight is 477 g/mol. The van der Waals surface area contributed by atoms with Gasteiger partial charge in [-0.3, -0.25) is 9.59 Å². The lowest BCUT2D eigenvalue weighted by Gasteiger charge is -2.44. The van der Waals surface area contributed by atoms with E-state index in [0.717, 1.165) is 16.7 Å². The number of esters is 1. The van der Waals surface area contributed by atoms with Crippen LogP contribution in [0.25, 0.3) is 0 Å². The van der Waals surface area contributed by atoms with Crippen LogP contribution in [0.15, 0.2) is 54.9 Å². The number of aryl methyl sites for hydroxylation is 1. The van der Waals surface area contributed by atoms with Crippen LogP contribution in [0.3, 0.4) is 0 Å². The molecule has 0 spiro atoms. The molecule has 9 nitrogen and oxygen atoms in total. The second-order valence-corrected chi connectivity index (χ2v) is 8.65. The van der Waals surface area contributed by atoms with Gasteiger partial charge in [0.1, 0.15) is 17.0 Å². The number of nitrogens with one attached hydrogen (secondary N) is 1. The third kappa shape index (κ3) is 4.37. The Morgan fingerprint density at radius 1 is 1.09 bits per heavy atom. The predicted molar refractivity (Wildman–Crippen MR) is 128 cm³/mol. The number of hydrogen-bond donors (Lipinski definition) is 1. The monoisotopic (exact) mass is 476 g/mol. The van der Waals surface area contributed by atoms with Gasteiger partial charge < -0.3 is 24.3 Å². The molecule has 1 aliphatic heterocycles. The van der Waals surface area contributed by atoms with Crippen LogP contribution >= 0.6 is 0 Å². The van der Waals surface area contributed by atoms with E-state index >= 15 is 0 Å². The number of fused-ring (bicyclic) bond motifs is 1. The lowest BCUT2D eigenvalue weighted by Crippen LogP contribution is -2.63. The van der Waals surface area contributed by atoms with E-state index in [4.69, 9.17) is 9.47 Å². The number of carbonyl (C=O) groups is 3. The number of para-hydroxylation sites is 1. The molecule has 1 aliphatic rings. The van der Waals surface area contributed by atoms with Crippen molar-refractivity contribution >= 4 is 17.8 Å². The summed E-state index contributed by atoms with van der Waals surface area (Å²) in [4.78, 5) is 45.3. The van der Waals surface area contributed by atoms with Gasteiger partial charge in [0.25, 0.3) is 5.91 Å². The van der Waals surface area contributed by atoms with Crippen molar-refractivity contribution in [1.82, 2.24) is 19.8 Å². The lowest BCUT2D eigenvalue weighted by molar-refractivity contribution is -0.133. The molecule has 2 heterocycles. The van der Waals surface area contributed by atoms with Crippen LogP contribution in [-0.2, 0) is 29.2 Å². The Morgan fingerprint density at radius 2 is 1.77 bits per heavy atom. The van der Waals surface area contributed by atoms with Gasteiger partial charge in [0.2, 0.25) is 5.91 Å². The summed E-state index contributed by atoms with van der Waals surface area (Å²) in [5, 5.41) is 2.97. The molecule has 3 aromatic rings. The Hall–Kier alpha value is -4.14. The van der Waals surface area contributed by atoms with Crippen molar-refractivity contribution in [2.45, 2.75) is 39.0 Å². The Bertz CT molecular complexity index is 1280. The number of imidazole rings is 1. The van der Waals surface area contributed by atoms with Gasteiger partial charge in [-0.25, -0.2) is 9.78 Å². The molecule has 0 unspecified atom stereocenters. The minimum atomic E-state index is -1.25.